The van der Waals surface area contributed by atoms with E-state index in [9.17, 15) is 4.79 Å². The number of halogens is 1. The lowest BCUT2D eigenvalue weighted by molar-refractivity contribution is -0.121. The first-order valence-corrected chi connectivity index (χ1v) is 6.04. The summed E-state index contributed by atoms with van der Waals surface area (Å²) in [6.07, 6.45) is 3.07. The summed E-state index contributed by atoms with van der Waals surface area (Å²) < 4.78 is 1.18. The highest BCUT2D eigenvalue weighted by Gasteiger charge is 2.47. The largest absolute Gasteiger partial charge is 0.299 e. The maximum absolute atomic E-state index is 11.4. The molecule has 0 N–H and O–H groups in total. The van der Waals surface area contributed by atoms with Crippen LogP contribution in [0.1, 0.15) is 25.3 Å². The third-order valence-electron chi connectivity index (χ3n) is 2.82. The van der Waals surface area contributed by atoms with Crippen LogP contribution < -0.4 is 0 Å². The molecule has 1 aliphatic carbocycles. The molecule has 2 rings (SSSR count). The van der Waals surface area contributed by atoms with E-state index in [2.05, 4.69) is 27.4 Å². The lowest BCUT2D eigenvalue weighted by Gasteiger charge is -2.09. The Kier molecular flexibility index (Phi) is 2.32. The first-order chi connectivity index (χ1) is 6.14. The van der Waals surface area contributed by atoms with Crippen LogP contribution in [0.2, 0.25) is 0 Å². The molecule has 0 aromatic carbocycles. The van der Waals surface area contributed by atoms with Crippen molar-refractivity contribution < 1.29 is 4.79 Å². The van der Waals surface area contributed by atoms with Gasteiger partial charge in [-0.25, -0.2) is 0 Å². The zero-order valence-corrected chi connectivity index (χ0v) is 9.87. The second-order valence-electron chi connectivity index (χ2n) is 3.73. The summed E-state index contributed by atoms with van der Waals surface area (Å²) >= 11 is 5.19. The molecule has 0 saturated heterocycles. The van der Waals surface area contributed by atoms with Crippen LogP contribution in [0.4, 0.5) is 0 Å². The highest BCUT2D eigenvalue weighted by molar-refractivity contribution is 9.11. The number of hydrogen-bond donors (Lipinski definition) is 0. The predicted molar refractivity (Wildman–Crippen MR) is 58.1 cm³/mol. The third kappa shape index (κ3) is 1.72. The summed E-state index contributed by atoms with van der Waals surface area (Å²) in [5.41, 5.74) is 1.29. The van der Waals surface area contributed by atoms with E-state index in [0.29, 0.717) is 5.78 Å². The van der Waals surface area contributed by atoms with Gasteiger partial charge in [-0.3, -0.25) is 4.79 Å². The van der Waals surface area contributed by atoms with Gasteiger partial charge in [0.25, 0.3) is 0 Å². The Morgan fingerprint density at radius 2 is 2.38 bits per heavy atom. The van der Waals surface area contributed by atoms with Gasteiger partial charge in [0, 0.05) is 5.41 Å². The minimum absolute atomic E-state index is 0.00356. The van der Waals surface area contributed by atoms with Gasteiger partial charge in [-0.1, -0.05) is 0 Å². The minimum Gasteiger partial charge on any atom is -0.299 e. The molecule has 1 aromatic heterocycles. The van der Waals surface area contributed by atoms with Crippen molar-refractivity contribution in [2.24, 2.45) is 5.41 Å². The minimum atomic E-state index is 0.00356. The van der Waals surface area contributed by atoms with Crippen LogP contribution in [0.25, 0.3) is 0 Å². The molecule has 1 aromatic rings. The van der Waals surface area contributed by atoms with Crippen molar-refractivity contribution >= 4 is 33.0 Å². The number of rotatable bonds is 3. The van der Waals surface area contributed by atoms with E-state index in [0.717, 1.165) is 19.3 Å². The van der Waals surface area contributed by atoms with Crippen molar-refractivity contribution in [2.75, 3.05) is 0 Å². The molecule has 0 spiro atoms. The molecule has 0 amide bonds. The number of thiophene rings is 1. The van der Waals surface area contributed by atoms with E-state index in [1.165, 1.54) is 9.35 Å². The van der Waals surface area contributed by atoms with Gasteiger partial charge in [0.15, 0.2) is 0 Å². The Hall–Kier alpha value is -0.150. The normalized spacial score (nSPS) is 18.6. The number of carbonyl (C=O) groups is 1. The Balaban J connectivity index is 2.15. The topological polar surface area (TPSA) is 17.1 Å². The molecule has 13 heavy (non-hydrogen) atoms. The van der Waals surface area contributed by atoms with Crippen LogP contribution in [0, 0.1) is 5.41 Å². The average Bonchev–Trinajstić information content (AvgIpc) is 2.74. The Bertz CT molecular complexity index is 338. The lowest BCUT2D eigenvalue weighted by Crippen LogP contribution is -2.14. The van der Waals surface area contributed by atoms with Crippen molar-refractivity contribution in [3.8, 4) is 0 Å². The first-order valence-electron chi connectivity index (χ1n) is 4.37. The quantitative estimate of drug-likeness (QED) is 0.812. The molecule has 0 radical (unpaired) electrons. The molecule has 1 saturated carbocycles. The summed E-state index contributed by atoms with van der Waals surface area (Å²) in [6, 6.07) is 2.11. The van der Waals surface area contributed by atoms with Crippen LogP contribution in [0.5, 0.6) is 0 Å². The zero-order valence-electron chi connectivity index (χ0n) is 7.47. The van der Waals surface area contributed by atoms with E-state index in [1.54, 1.807) is 18.3 Å². The number of carbonyl (C=O) groups excluding carboxylic acids is 1. The van der Waals surface area contributed by atoms with Gasteiger partial charge in [-0.15, -0.1) is 11.3 Å². The molecule has 0 unspecified atom stereocenters. The van der Waals surface area contributed by atoms with Gasteiger partial charge < -0.3 is 0 Å². The van der Waals surface area contributed by atoms with Crippen LogP contribution in [-0.4, -0.2) is 5.78 Å². The Morgan fingerprint density at radius 3 is 2.77 bits per heavy atom. The van der Waals surface area contributed by atoms with Gasteiger partial charge in [-0.2, -0.15) is 0 Å². The summed E-state index contributed by atoms with van der Waals surface area (Å²) in [7, 11) is 0. The fourth-order valence-electron chi connectivity index (χ4n) is 1.61. The summed E-state index contributed by atoms with van der Waals surface area (Å²) in [6.45, 7) is 1.72. The van der Waals surface area contributed by atoms with Gasteiger partial charge in [0.05, 0.1) is 3.79 Å². The first kappa shape index (κ1) is 9.41. The molecule has 0 atom stereocenters. The summed E-state index contributed by atoms with van der Waals surface area (Å²) in [4.78, 5) is 11.4. The zero-order chi connectivity index (χ0) is 9.47. The van der Waals surface area contributed by atoms with Crippen molar-refractivity contribution in [3.63, 3.8) is 0 Å². The summed E-state index contributed by atoms with van der Waals surface area (Å²) in [5.74, 6) is 0.352. The second-order valence-corrected chi connectivity index (χ2v) is 5.97. The molecule has 1 fully saturated rings. The fourth-order valence-corrected chi connectivity index (χ4v) is 2.85. The van der Waals surface area contributed by atoms with E-state index in [1.807, 2.05) is 0 Å². The second kappa shape index (κ2) is 3.21. The smallest absolute Gasteiger partial charge is 0.136 e. The lowest BCUT2D eigenvalue weighted by atomic mass is 9.94. The van der Waals surface area contributed by atoms with Crippen molar-refractivity contribution in [1.29, 1.82) is 0 Å². The number of hydrogen-bond acceptors (Lipinski definition) is 2. The molecule has 0 bridgehead atoms. The van der Waals surface area contributed by atoms with Crippen molar-refractivity contribution in [1.82, 2.24) is 0 Å². The molecule has 70 valence electrons. The monoisotopic (exact) mass is 258 g/mol. The highest BCUT2D eigenvalue weighted by atomic mass is 79.9. The third-order valence-corrected chi connectivity index (χ3v) is 4.63. The maximum Gasteiger partial charge on any atom is 0.136 e. The van der Waals surface area contributed by atoms with Gasteiger partial charge in [0.2, 0.25) is 0 Å². The molecular formula is C10H11BrOS. The standard InChI is InChI=1S/C10H11BrOS/c1-7(12)10(3-4-10)6-8-2-5-13-9(8)11/h2,5H,3-4,6H2,1H3. The van der Waals surface area contributed by atoms with Crippen LogP contribution in [-0.2, 0) is 11.2 Å². The van der Waals surface area contributed by atoms with Gasteiger partial charge in [0.1, 0.15) is 5.78 Å². The number of Topliss-reactive ketones (excluding diaryl/α,β-unsaturated/α-hetero) is 1. The van der Waals surface area contributed by atoms with Crippen molar-refractivity contribution in [2.45, 2.75) is 26.2 Å². The molecular weight excluding hydrogens is 248 g/mol. The Labute approximate surface area is 90.3 Å². The molecule has 0 aliphatic heterocycles. The Morgan fingerprint density at radius 1 is 1.69 bits per heavy atom. The fraction of sp³-hybridized carbons (Fsp3) is 0.500. The van der Waals surface area contributed by atoms with E-state index < -0.39 is 0 Å². The molecule has 3 heteroatoms. The van der Waals surface area contributed by atoms with Crippen LogP contribution in [0.3, 0.4) is 0 Å². The van der Waals surface area contributed by atoms with E-state index in [4.69, 9.17) is 0 Å². The van der Waals surface area contributed by atoms with Crippen molar-refractivity contribution in [3.05, 3.63) is 20.8 Å². The summed E-state index contributed by atoms with van der Waals surface area (Å²) in [5, 5.41) is 2.07. The van der Waals surface area contributed by atoms with Gasteiger partial charge >= 0.3 is 0 Å². The predicted octanol–water partition coefficient (Wildman–Crippen LogP) is 3.42. The van der Waals surface area contributed by atoms with E-state index in [-0.39, 0.29) is 5.41 Å². The number of ketones is 1. The molecule has 1 nitrogen and oxygen atoms in total. The molecule has 1 heterocycles. The maximum atomic E-state index is 11.4. The van der Waals surface area contributed by atoms with Gasteiger partial charge in [-0.05, 0) is 59.1 Å². The van der Waals surface area contributed by atoms with E-state index >= 15 is 0 Å². The SMILES string of the molecule is CC(=O)C1(Cc2ccsc2Br)CC1. The average molecular weight is 259 g/mol. The molecule has 1 aliphatic rings. The highest BCUT2D eigenvalue weighted by Crippen LogP contribution is 2.50. The van der Waals surface area contributed by atoms with Crippen LogP contribution in [0.15, 0.2) is 15.2 Å². The van der Waals surface area contributed by atoms with Crippen LogP contribution >= 0.6 is 27.3 Å².